The summed E-state index contributed by atoms with van der Waals surface area (Å²) in [5, 5.41) is 8.64. The molecule has 2 heterocycles. The molecule has 2 atom stereocenters. The summed E-state index contributed by atoms with van der Waals surface area (Å²) in [6.07, 6.45) is 1.53. The molecule has 4 rings (SSSR count). The summed E-state index contributed by atoms with van der Waals surface area (Å²) in [5.41, 5.74) is 7.71. The Labute approximate surface area is 151 Å². The Bertz CT molecular complexity index is 966. The first-order valence-electron chi connectivity index (χ1n) is 8.73. The number of carbonyl (C=O) groups excluding carboxylic acids is 1. The first-order chi connectivity index (χ1) is 12.5. The smallest absolute Gasteiger partial charge is 0.250 e. The summed E-state index contributed by atoms with van der Waals surface area (Å²) in [6.45, 7) is 3.30. The van der Waals surface area contributed by atoms with Crippen molar-refractivity contribution in [2.24, 2.45) is 5.73 Å². The molecular formula is C20H21FN4O. The second-order valence-electron chi connectivity index (χ2n) is 7.08. The number of primary amides is 1. The minimum absolute atomic E-state index is 0.402. The lowest BCUT2D eigenvalue weighted by Crippen LogP contribution is -2.49. The molecule has 3 aromatic rings. The third-order valence-corrected chi connectivity index (χ3v) is 5.35. The molecule has 5 nitrogen and oxygen atoms in total. The molecule has 1 saturated heterocycles. The van der Waals surface area contributed by atoms with Crippen LogP contribution in [0.4, 0.5) is 4.39 Å². The Balaban J connectivity index is 1.70. The van der Waals surface area contributed by atoms with E-state index >= 15 is 0 Å². The zero-order valence-electron chi connectivity index (χ0n) is 14.6. The standard InChI is InChI=1S/C20H21FN4O/c1-20(12-23-10-9-17(20)21)14-5-7-15(8-6-14)25-11-13-3-2-4-16(19(22)26)18(13)24-25/h2-8,11,17,23H,9-10,12H2,1H3,(H2,22,26)/t17-,20+/m1/s1. The fraction of sp³-hybridized carbons (Fsp3) is 0.300. The fourth-order valence-electron chi connectivity index (χ4n) is 3.66. The van der Waals surface area contributed by atoms with E-state index in [1.165, 1.54) is 0 Å². The highest BCUT2D eigenvalue weighted by Gasteiger charge is 2.38. The van der Waals surface area contributed by atoms with Gasteiger partial charge in [-0.25, -0.2) is 9.07 Å². The molecule has 1 aliphatic rings. The average molecular weight is 352 g/mol. The molecule has 1 amide bonds. The number of benzene rings is 2. The Hall–Kier alpha value is -2.73. The first-order valence-corrected chi connectivity index (χ1v) is 8.73. The lowest BCUT2D eigenvalue weighted by Gasteiger charge is -2.38. The van der Waals surface area contributed by atoms with Crippen molar-refractivity contribution < 1.29 is 9.18 Å². The van der Waals surface area contributed by atoms with Gasteiger partial charge in [0.15, 0.2) is 0 Å². The highest BCUT2D eigenvalue weighted by atomic mass is 19.1. The molecule has 0 saturated carbocycles. The predicted octanol–water partition coefficient (Wildman–Crippen LogP) is 2.71. The van der Waals surface area contributed by atoms with Crippen LogP contribution < -0.4 is 11.1 Å². The number of hydrogen-bond donors (Lipinski definition) is 2. The van der Waals surface area contributed by atoms with Crippen molar-refractivity contribution in [3.63, 3.8) is 0 Å². The lowest BCUT2D eigenvalue weighted by molar-refractivity contribution is 0.100. The monoisotopic (exact) mass is 352 g/mol. The van der Waals surface area contributed by atoms with Crippen molar-refractivity contribution in [1.29, 1.82) is 0 Å². The van der Waals surface area contributed by atoms with Crippen molar-refractivity contribution in [1.82, 2.24) is 15.1 Å². The van der Waals surface area contributed by atoms with E-state index in [4.69, 9.17) is 5.73 Å². The minimum Gasteiger partial charge on any atom is -0.366 e. The number of piperidine rings is 1. The number of fused-ring (bicyclic) bond motifs is 1. The zero-order chi connectivity index (χ0) is 18.3. The van der Waals surface area contributed by atoms with E-state index in [1.54, 1.807) is 16.8 Å². The van der Waals surface area contributed by atoms with Gasteiger partial charge in [0.25, 0.3) is 5.91 Å². The maximum atomic E-state index is 14.5. The van der Waals surface area contributed by atoms with Crippen LogP contribution in [0.5, 0.6) is 0 Å². The highest BCUT2D eigenvalue weighted by molar-refractivity contribution is 6.04. The van der Waals surface area contributed by atoms with Gasteiger partial charge in [0, 0.05) is 23.5 Å². The number of halogens is 1. The molecule has 1 aliphatic heterocycles. The number of nitrogens with one attached hydrogen (secondary N) is 1. The van der Waals surface area contributed by atoms with E-state index in [2.05, 4.69) is 10.4 Å². The molecule has 0 aliphatic carbocycles. The van der Waals surface area contributed by atoms with Crippen LogP contribution in [0.2, 0.25) is 0 Å². The van der Waals surface area contributed by atoms with E-state index in [-0.39, 0.29) is 0 Å². The zero-order valence-corrected chi connectivity index (χ0v) is 14.6. The van der Waals surface area contributed by atoms with E-state index in [0.29, 0.717) is 24.0 Å². The molecule has 2 aromatic carbocycles. The number of rotatable bonds is 3. The van der Waals surface area contributed by atoms with E-state index in [0.717, 1.165) is 23.2 Å². The van der Waals surface area contributed by atoms with Gasteiger partial charge in [0.05, 0.1) is 11.3 Å². The number of hydrogen-bond acceptors (Lipinski definition) is 3. The second-order valence-corrected chi connectivity index (χ2v) is 7.08. The summed E-state index contributed by atoms with van der Waals surface area (Å²) in [6, 6.07) is 13.1. The lowest BCUT2D eigenvalue weighted by atomic mass is 9.75. The van der Waals surface area contributed by atoms with Gasteiger partial charge in [0.1, 0.15) is 11.7 Å². The molecule has 0 unspecified atom stereocenters. The van der Waals surface area contributed by atoms with Crippen molar-refractivity contribution in [2.45, 2.75) is 24.9 Å². The summed E-state index contributed by atoms with van der Waals surface area (Å²) in [7, 11) is 0. The first kappa shape index (κ1) is 16.7. The molecule has 1 fully saturated rings. The van der Waals surface area contributed by atoms with Crippen LogP contribution in [-0.4, -0.2) is 34.9 Å². The number of aromatic nitrogens is 2. The van der Waals surface area contributed by atoms with Gasteiger partial charge in [-0.05, 0) is 36.7 Å². The minimum atomic E-state index is -0.861. The summed E-state index contributed by atoms with van der Waals surface area (Å²) in [4.78, 5) is 11.6. The van der Waals surface area contributed by atoms with Crippen LogP contribution in [-0.2, 0) is 5.41 Å². The van der Waals surface area contributed by atoms with E-state index < -0.39 is 17.5 Å². The topological polar surface area (TPSA) is 72.9 Å². The normalized spacial score (nSPS) is 23.2. The van der Waals surface area contributed by atoms with Gasteiger partial charge in [-0.15, -0.1) is 0 Å². The van der Waals surface area contributed by atoms with Crippen LogP contribution in [0.1, 0.15) is 29.3 Å². The van der Waals surface area contributed by atoms with Crippen LogP contribution >= 0.6 is 0 Å². The average Bonchev–Trinajstić information content (AvgIpc) is 3.08. The maximum absolute atomic E-state index is 14.5. The number of nitrogens with zero attached hydrogens (tertiary/aromatic N) is 2. The molecular weight excluding hydrogens is 331 g/mol. The van der Waals surface area contributed by atoms with Crippen LogP contribution in [0.25, 0.3) is 16.6 Å². The SMILES string of the molecule is C[C@@]1(c2ccc(-n3cc4cccc(C(N)=O)c4n3)cc2)CNCC[C@H]1F. The van der Waals surface area contributed by atoms with Crippen LogP contribution in [0.15, 0.2) is 48.7 Å². The quantitative estimate of drug-likeness (QED) is 0.761. The molecule has 3 N–H and O–H groups in total. The van der Waals surface area contributed by atoms with E-state index in [9.17, 15) is 9.18 Å². The number of amides is 1. The van der Waals surface area contributed by atoms with Crippen LogP contribution in [0.3, 0.4) is 0 Å². The number of alkyl halides is 1. The van der Waals surface area contributed by atoms with Gasteiger partial charge in [-0.1, -0.05) is 31.2 Å². The van der Waals surface area contributed by atoms with Gasteiger partial charge < -0.3 is 11.1 Å². The summed E-state index contributed by atoms with van der Waals surface area (Å²) < 4.78 is 16.2. The Kier molecular flexibility index (Phi) is 4.00. The molecule has 134 valence electrons. The Morgan fingerprint density at radius 2 is 2.08 bits per heavy atom. The molecule has 1 aromatic heterocycles. The molecule has 6 heteroatoms. The maximum Gasteiger partial charge on any atom is 0.250 e. The summed E-state index contributed by atoms with van der Waals surface area (Å²) >= 11 is 0. The van der Waals surface area contributed by atoms with Gasteiger partial charge in [-0.3, -0.25) is 4.79 Å². The van der Waals surface area contributed by atoms with Gasteiger partial charge in [0.2, 0.25) is 0 Å². The van der Waals surface area contributed by atoms with Crippen molar-refractivity contribution in [2.75, 3.05) is 13.1 Å². The molecule has 26 heavy (non-hydrogen) atoms. The molecule has 0 bridgehead atoms. The third kappa shape index (κ3) is 2.66. The van der Waals surface area contributed by atoms with Gasteiger partial charge in [-0.2, -0.15) is 5.10 Å². The number of carbonyl (C=O) groups is 1. The Morgan fingerprint density at radius 3 is 2.77 bits per heavy atom. The number of nitrogens with two attached hydrogens (primary N) is 1. The molecule has 0 spiro atoms. The Morgan fingerprint density at radius 1 is 1.31 bits per heavy atom. The third-order valence-electron chi connectivity index (χ3n) is 5.35. The van der Waals surface area contributed by atoms with Crippen molar-refractivity contribution in [3.8, 4) is 5.69 Å². The van der Waals surface area contributed by atoms with Crippen molar-refractivity contribution in [3.05, 3.63) is 59.8 Å². The second kappa shape index (κ2) is 6.21. The van der Waals surface area contributed by atoms with E-state index in [1.807, 2.05) is 43.5 Å². The van der Waals surface area contributed by atoms with Gasteiger partial charge >= 0.3 is 0 Å². The molecule has 0 radical (unpaired) electrons. The van der Waals surface area contributed by atoms with Crippen LogP contribution in [0, 0.1) is 0 Å². The highest BCUT2D eigenvalue weighted by Crippen LogP contribution is 2.33. The fourth-order valence-corrected chi connectivity index (χ4v) is 3.66. The largest absolute Gasteiger partial charge is 0.366 e. The predicted molar refractivity (Wildman–Crippen MR) is 99.3 cm³/mol. The summed E-state index contributed by atoms with van der Waals surface area (Å²) in [5.74, 6) is -0.497. The van der Waals surface area contributed by atoms with Crippen molar-refractivity contribution >= 4 is 16.8 Å².